The molecule has 32 heavy (non-hydrogen) atoms. The third-order valence-electron chi connectivity index (χ3n) is 5.22. The van der Waals surface area contributed by atoms with E-state index in [0.29, 0.717) is 24.5 Å². The van der Waals surface area contributed by atoms with Crippen LogP contribution in [0.1, 0.15) is 61.3 Å². The van der Waals surface area contributed by atoms with Crippen LogP contribution in [-0.2, 0) is 4.74 Å². The van der Waals surface area contributed by atoms with E-state index in [2.05, 4.69) is 20.2 Å². The van der Waals surface area contributed by atoms with Crippen molar-refractivity contribution in [2.24, 2.45) is 4.99 Å². The summed E-state index contributed by atoms with van der Waals surface area (Å²) in [6.45, 7) is 10.6. The summed E-state index contributed by atoms with van der Waals surface area (Å²) < 4.78 is 5.32. The maximum Gasteiger partial charge on any atom is 0.413 e. The zero-order chi connectivity index (χ0) is 23.0. The highest BCUT2D eigenvalue weighted by Crippen LogP contribution is 2.37. The van der Waals surface area contributed by atoms with Gasteiger partial charge in [0.15, 0.2) is 5.78 Å². The van der Waals surface area contributed by atoms with Gasteiger partial charge in [0, 0.05) is 48.1 Å². The Morgan fingerprint density at radius 3 is 2.66 bits per heavy atom. The first kappa shape index (κ1) is 21.7. The van der Waals surface area contributed by atoms with Crippen molar-refractivity contribution in [3.63, 3.8) is 0 Å². The van der Waals surface area contributed by atoms with E-state index < -0.39 is 11.7 Å². The molecule has 0 aromatic carbocycles. The third kappa shape index (κ3) is 4.26. The monoisotopic (exact) mass is 433 g/mol. The Balaban J connectivity index is 1.68. The SMILES string of the molecule is CCC(=O)c1cc(C)c(C2=Cc3cnc(NC(=O)OC(C)(C)C)cc3N3CCN=C23)cn1. The van der Waals surface area contributed by atoms with Gasteiger partial charge in [0.25, 0.3) is 0 Å². The lowest BCUT2D eigenvalue weighted by atomic mass is 9.94. The number of hydrogen-bond acceptors (Lipinski definition) is 7. The predicted molar refractivity (Wildman–Crippen MR) is 125 cm³/mol. The van der Waals surface area contributed by atoms with Crippen LogP contribution < -0.4 is 10.2 Å². The topological polar surface area (TPSA) is 96.8 Å². The van der Waals surface area contributed by atoms with Gasteiger partial charge in [0.05, 0.1) is 12.2 Å². The number of nitrogens with zero attached hydrogens (tertiary/aromatic N) is 4. The molecule has 2 aromatic rings. The molecule has 0 fully saturated rings. The Morgan fingerprint density at radius 2 is 1.97 bits per heavy atom. The van der Waals surface area contributed by atoms with Gasteiger partial charge >= 0.3 is 6.09 Å². The fraction of sp³-hybridized carbons (Fsp3) is 0.375. The van der Waals surface area contributed by atoms with Gasteiger partial charge in [-0.05, 0) is 45.4 Å². The highest BCUT2D eigenvalue weighted by atomic mass is 16.6. The summed E-state index contributed by atoms with van der Waals surface area (Å²) in [6, 6.07) is 3.67. The number of aliphatic imine (C=N–C) groups is 1. The lowest BCUT2D eigenvalue weighted by Gasteiger charge is -2.29. The van der Waals surface area contributed by atoms with Gasteiger partial charge in [0.1, 0.15) is 22.9 Å². The molecule has 4 heterocycles. The number of hydrogen-bond donors (Lipinski definition) is 1. The maximum atomic E-state index is 12.1. The van der Waals surface area contributed by atoms with Crippen molar-refractivity contribution in [1.29, 1.82) is 0 Å². The molecular weight excluding hydrogens is 406 g/mol. The van der Waals surface area contributed by atoms with E-state index in [0.717, 1.165) is 40.3 Å². The molecule has 0 saturated heterocycles. The first-order valence-electron chi connectivity index (χ1n) is 10.7. The summed E-state index contributed by atoms with van der Waals surface area (Å²) in [5.41, 5.74) is 4.59. The van der Waals surface area contributed by atoms with Crippen LogP contribution in [-0.4, -0.2) is 46.4 Å². The number of rotatable bonds is 4. The summed E-state index contributed by atoms with van der Waals surface area (Å²) in [4.78, 5) is 39.8. The standard InChI is InChI=1S/C24H27N5O3/c1-6-20(30)18-9-14(2)17(13-26-18)16-10-15-12-27-21(28-23(31)32-24(3,4)5)11-19(15)29-8-7-25-22(16)29/h9-13H,6-8H2,1-5H3,(H,27,28,31). The van der Waals surface area contributed by atoms with Crippen LogP contribution in [0.2, 0.25) is 0 Å². The van der Waals surface area contributed by atoms with E-state index in [-0.39, 0.29) is 5.78 Å². The van der Waals surface area contributed by atoms with Gasteiger partial charge in [-0.1, -0.05) is 6.92 Å². The molecule has 0 radical (unpaired) electrons. The lowest BCUT2D eigenvalue weighted by molar-refractivity contribution is 0.0635. The molecular formula is C24H27N5O3. The van der Waals surface area contributed by atoms with Crippen molar-refractivity contribution in [3.05, 3.63) is 46.9 Å². The van der Waals surface area contributed by atoms with Gasteiger partial charge in [0.2, 0.25) is 0 Å². The molecule has 166 valence electrons. The fourth-order valence-electron chi connectivity index (χ4n) is 3.78. The number of amides is 1. The van der Waals surface area contributed by atoms with E-state index in [9.17, 15) is 9.59 Å². The number of ether oxygens (including phenoxy) is 1. The van der Waals surface area contributed by atoms with Gasteiger partial charge in [-0.25, -0.2) is 9.78 Å². The minimum atomic E-state index is -0.589. The number of amidine groups is 1. The third-order valence-corrected chi connectivity index (χ3v) is 5.22. The van der Waals surface area contributed by atoms with Crippen LogP contribution in [0.15, 0.2) is 29.5 Å². The van der Waals surface area contributed by atoms with Crippen LogP contribution in [0.4, 0.5) is 16.3 Å². The van der Waals surface area contributed by atoms with Crippen LogP contribution in [0.3, 0.4) is 0 Å². The molecule has 0 bridgehead atoms. The van der Waals surface area contributed by atoms with Crippen molar-refractivity contribution < 1.29 is 14.3 Å². The van der Waals surface area contributed by atoms with Gasteiger partial charge in [-0.2, -0.15) is 0 Å². The molecule has 0 atom stereocenters. The average molecular weight is 434 g/mol. The normalized spacial score (nSPS) is 14.8. The largest absolute Gasteiger partial charge is 0.444 e. The molecule has 0 aliphatic carbocycles. The number of anilines is 2. The van der Waals surface area contributed by atoms with E-state index in [4.69, 9.17) is 9.73 Å². The number of nitrogens with one attached hydrogen (secondary N) is 1. The van der Waals surface area contributed by atoms with Crippen LogP contribution >= 0.6 is 0 Å². The molecule has 2 aliphatic heterocycles. The molecule has 0 saturated carbocycles. The number of aryl methyl sites for hydroxylation is 1. The Kier molecular flexibility index (Phi) is 5.54. The molecule has 2 aromatic heterocycles. The smallest absolute Gasteiger partial charge is 0.413 e. The summed E-state index contributed by atoms with van der Waals surface area (Å²) >= 11 is 0. The number of pyridine rings is 2. The van der Waals surface area contributed by atoms with Gasteiger partial charge < -0.3 is 9.64 Å². The molecule has 0 unspecified atom stereocenters. The number of aromatic nitrogens is 2. The zero-order valence-electron chi connectivity index (χ0n) is 19.0. The number of carbonyl (C=O) groups excluding carboxylic acids is 2. The van der Waals surface area contributed by atoms with Crippen molar-refractivity contribution in [3.8, 4) is 0 Å². The highest BCUT2D eigenvalue weighted by molar-refractivity contribution is 6.36. The average Bonchev–Trinajstić information content (AvgIpc) is 3.21. The number of ketones is 1. The summed E-state index contributed by atoms with van der Waals surface area (Å²) in [7, 11) is 0. The summed E-state index contributed by atoms with van der Waals surface area (Å²) in [5.74, 6) is 1.30. The van der Waals surface area contributed by atoms with E-state index in [1.54, 1.807) is 12.4 Å². The molecule has 1 amide bonds. The zero-order valence-corrected chi connectivity index (χ0v) is 19.0. The summed E-state index contributed by atoms with van der Waals surface area (Å²) in [5, 5.41) is 2.70. The lowest BCUT2D eigenvalue weighted by Crippen LogP contribution is -2.32. The molecule has 8 nitrogen and oxygen atoms in total. The van der Waals surface area contributed by atoms with Crippen molar-refractivity contribution in [2.45, 2.75) is 46.6 Å². The molecule has 2 aliphatic rings. The molecule has 4 rings (SSSR count). The Hall–Kier alpha value is -3.55. The minimum Gasteiger partial charge on any atom is -0.444 e. The van der Waals surface area contributed by atoms with Gasteiger partial charge in [-0.15, -0.1) is 0 Å². The van der Waals surface area contributed by atoms with Crippen molar-refractivity contribution in [1.82, 2.24) is 9.97 Å². The Labute approximate surface area is 187 Å². The maximum absolute atomic E-state index is 12.1. The van der Waals surface area contributed by atoms with Crippen molar-refractivity contribution in [2.75, 3.05) is 23.3 Å². The predicted octanol–water partition coefficient (Wildman–Crippen LogP) is 4.50. The fourth-order valence-corrected chi connectivity index (χ4v) is 3.78. The second kappa shape index (κ2) is 8.18. The first-order valence-corrected chi connectivity index (χ1v) is 10.7. The van der Waals surface area contributed by atoms with E-state index >= 15 is 0 Å². The Morgan fingerprint density at radius 1 is 1.19 bits per heavy atom. The quantitative estimate of drug-likeness (QED) is 0.713. The highest BCUT2D eigenvalue weighted by Gasteiger charge is 2.30. The first-order chi connectivity index (χ1) is 15.2. The van der Waals surface area contributed by atoms with Crippen LogP contribution in [0.5, 0.6) is 0 Å². The minimum absolute atomic E-state index is 0.0247. The van der Waals surface area contributed by atoms with E-state index in [1.807, 2.05) is 52.8 Å². The van der Waals surface area contributed by atoms with Gasteiger partial charge in [-0.3, -0.25) is 20.1 Å². The molecule has 1 N–H and O–H groups in total. The Bertz CT molecular complexity index is 1160. The van der Waals surface area contributed by atoms with E-state index in [1.165, 1.54) is 0 Å². The second-order valence-electron chi connectivity index (χ2n) is 8.83. The number of carbonyl (C=O) groups is 2. The second-order valence-corrected chi connectivity index (χ2v) is 8.83. The number of Topliss-reactive ketones (excluding diaryl/α,β-unsaturated/α-hetero) is 1. The molecule has 0 spiro atoms. The number of fused-ring (bicyclic) bond motifs is 3. The van der Waals surface area contributed by atoms with Crippen LogP contribution in [0, 0.1) is 6.92 Å². The van der Waals surface area contributed by atoms with Crippen LogP contribution in [0.25, 0.3) is 11.6 Å². The van der Waals surface area contributed by atoms with Crippen molar-refractivity contribution >= 4 is 40.9 Å². The molecule has 8 heteroatoms. The summed E-state index contributed by atoms with van der Waals surface area (Å²) in [6.07, 6.45) is 5.39.